The number of aromatic hydroxyl groups is 1. The molecule has 12 N–H and O–H groups in total. The van der Waals surface area contributed by atoms with Gasteiger partial charge in [0.2, 0.25) is 0 Å². The van der Waals surface area contributed by atoms with Crippen LogP contribution in [0.15, 0.2) is 35.1 Å². The number of phenols is 1. The highest BCUT2D eigenvalue weighted by atomic mass is 16.5. The van der Waals surface area contributed by atoms with Gasteiger partial charge in [0.15, 0.2) is 17.0 Å². The zero-order chi connectivity index (χ0) is 31.0. The number of nitrogens with zero attached hydrogens (tertiary/aromatic N) is 2. The number of aliphatic hydroxyl groups excluding tert-OH is 3. The van der Waals surface area contributed by atoms with E-state index in [2.05, 4.69) is 4.74 Å². The smallest absolute Gasteiger partial charge is 0.330 e. The van der Waals surface area contributed by atoms with Gasteiger partial charge in [0.1, 0.15) is 34.5 Å². The molecule has 15 nitrogen and oxygen atoms in total. The number of methoxy groups -OCH3 is 1. The third kappa shape index (κ3) is 3.30. The molecule has 41 heavy (non-hydrogen) atoms. The molecule has 1 unspecified atom stereocenters. The van der Waals surface area contributed by atoms with E-state index in [4.69, 9.17) is 22.9 Å². The van der Waals surface area contributed by atoms with Gasteiger partial charge in [-0.2, -0.15) is 5.26 Å². The Morgan fingerprint density at radius 2 is 1.78 bits per heavy atom. The number of hydrogen-bond acceptors (Lipinski definition) is 14. The van der Waals surface area contributed by atoms with E-state index in [1.807, 2.05) is 0 Å². The predicted octanol–water partition coefficient (Wildman–Crippen LogP) is -2.48. The Balaban J connectivity index is 2.15. The standard InChI is InChI=1S/C26H28N6O9/c1-32(2)19-17(36)13(22(29)39)20(37)24(8-27)21(38)14-16(35)12-10(18(28)25(14,30)23(40)26(19,24)31)6-4-9(15(12)34)5-7-11(33)41-3/h4-7,18-19,23,34-35,37,40H,28,30-31H2,1-3H3,(H2,29,39)/b7-5+/t18?,19-,23+,24+,25-,26+/m1/s1. The van der Waals surface area contributed by atoms with Gasteiger partial charge in [-0.15, -0.1) is 0 Å². The highest BCUT2D eigenvalue weighted by Gasteiger charge is 2.79. The van der Waals surface area contributed by atoms with Crippen LogP contribution in [0.3, 0.4) is 0 Å². The van der Waals surface area contributed by atoms with Gasteiger partial charge >= 0.3 is 5.97 Å². The number of hydrogen-bond donors (Lipinski definition) is 8. The van der Waals surface area contributed by atoms with E-state index < -0.39 is 92.1 Å². The lowest BCUT2D eigenvalue weighted by Gasteiger charge is -2.62. The van der Waals surface area contributed by atoms with Gasteiger partial charge in [0.05, 0.1) is 41.9 Å². The molecule has 3 aliphatic rings. The summed E-state index contributed by atoms with van der Waals surface area (Å²) < 4.78 is 4.52. The molecule has 4 rings (SSSR count). The molecule has 0 radical (unpaired) electrons. The second-order valence-corrected chi connectivity index (χ2v) is 10.3. The second kappa shape index (κ2) is 9.23. The zero-order valence-electron chi connectivity index (χ0n) is 22.1. The summed E-state index contributed by atoms with van der Waals surface area (Å²) in [5, 5.41) is 56.0. The average molecular weight is 569 g/mol. The Kier molecular flexibility index (Phi) is 6.61. The van der Waals surface area contributed by atoms with Crippen molar-refractivity contribution in [2.45, 2.75) is 29.3 Å². The Hall–Kier alpha value is -4.59. The van der Waals surface area contributed by atoms with Crippen molar-refractivity contribution in [3.63, 3.8) is 0 Å². The Morgan fingerprint density at radius 3 is 2.29 bits per heavy atom. The largest absolute Gasteiger partial charge is 0.509 e. The van der Waals surface area contributed by atoms with Crippen LogP contribution in [0.2, 0.25) is 0 Å². The van der Waals surface area contributed by atoms with Crippen LogP contribution in [0, 0.1) is 16.7 Å². The molecule has 1 aromatic carbocycles. The summed E-state index contributed by atoms with van der Waals surface area (Å²) in [6.45, 7) is 0. The van der Waals surface area contributed by atoms with E-state index in [0.717, 1.165) is 24.2 Å². The summed E-state index contributed by atoms with van der Waals surface area (Å²) in [5.41, 5.74) is 14.2. The number of nitrogens with two attached hydrogens (primary N) is 4. The first-order valence-electron chi connectivity index (χ1n) is 12.0. The number of nitriles is 1. The number of esters is 1. The van der Waals surface area contributed by atoms with E-state index in [1.54, 1.807) is 6.07 Å². The van der Waals surface area contributed by atoms with Crippen LogP contribution in [0.25, 0.3) is 11.8 Å². The molecule has 15 heteroatoms. The lowest BCUT2D eigenvalue weighted by atomic mass is 9.45. The Labute approximate surface area is 232 Å². The predicted molar refractivity (Wildman–Crippen MR) is 140 cm³/mol. The van der Waals surface area contributed by atoms with Gasteiger partial charge in [-0.05, 0) is 25.7 Å². The fourth-order valence-corrected chi connectivity index (χ4v) is 6.26. The van der Waals surface area contributed by atoms with Gasteiger partial charge in [0, 0.05) is 11.6 Å². The van der Waals surface area contributed by atoms with Crippen LogP contribution in [0.4, 0.5) is 0 Å². The fourth-order valence-electron chi connectivity index (χ4n) is 6.26. The van der Waals surface area contributed by atoms with E-state index in [9.17, 15) is 44.9 Å². The molecule has 0 bridgehead atoms. The minimum atomic E-state index is -3.08. The quantitative estimate of drug-likeness (QED) is 0.106. The molecular formula is C26H28N6O9. The van der Waals surface area contributed by atoms with Gasteiger partial charge in [-0.1, -0.05) is 12.1 Å². The van der Waals surface area contributed by atoms with Crippen molar-refractivity contribution in [3.8, 4) is 11.8 Å². The Bertz CT molecular complexity index is 1570. The number of amides is 1. The van der Waals surface area contributed by atoms with Gasteiger partial charge in [0.25, 0.3) is 5.91 Å². The van der Waals surface area contributed by atoms with Crippen molar-refractivity contribution in [3.05, 3.63) is 51.8 Å². The number of rotatable bonds is 4. The van der Waals surface area contributed by atoms with Crippen LogP contribution in [-0.2, 0) is 23.9 Å². The number of Topliss-reactive ketones (excluding diaryl/α,β-unsaturated/α-hetero) is 2. The number of likely N-dealkylation sites (N-methyl/N-ethyl adjacent to an activating group) is 1. The highest BCUT2D eigenvalue weighted by Crippen LogP contribution is 2.60. The lowest BCUT2D eigenvalue weighted by Crippen LogP contribution is -2.87. The van der Waals surface area contributed by atoms with Crippen LogP contribution < -0.4 is 22.9 Å². The summed E-state index contributed by atoms with van der Waals surface area (Å²) in [6, 6.07) is 0.749. The van der Waals surface area contributed by atoms with Crippen LogP contribution in [0.5, 0.6) is 5.75 Å². The number of carbonyl (C=O) groups excluding carboxylic acids is 4. The molecule has 0 spiro atoms. The number of aliphatic hydroxyl groups is 3. The normalized spacial score (nSPS) is 32.9. The minimum Gasteiger partial charge on any atom is -0.509 e. The molecule has 3 aliphatic carbocycles. The number of carbonyl (C=O) groups is 4. The molecular weight excluding hydrogens is 540 g/mol. The Morgan fingerprint density at radius 1 is 1.17 bits per heavy atom. The SMILES string of the molecule is COC(=O)/C=C/c1ccc2c(c1O)C(O)=C1C(=O)[C@]3(C#N)C(O)=C(C(N)=O)C(=O)[C@@H](N(C)C)[C@]3(N)[C@@H](O)[C@]1(N)C2N. The van der Waals surface area contributed by atoms with Crippen LogP contribution >= 0.6 is 0 Å². The number of fused-ring (bicyclic) bond motifs is 3. The molecule has 1 fully saturated rings. The van der Waals surface area contributed by atoms with Crippen molar-refractivity contribution in [2.75, 3.05) is 21.2 Å². The van der Waals surface area contributed by atoms with Crippen molar-refractivity contribution < 1.29 is 44.3 Å². The van der Waals surface area contributed by atoms with Crippen molar-refractivity contribution in [1.29, 1.82) is 5.26 Å². The lowest BCUT2D eigenvalue weighted by molar-refractivity contribution is -0.153. The molecule has 0 aromatic heterocycles. The third-order valence-electron chi connectivity index (χ3n) is 8.19. The molecule has 1 aromatic rings. The minimum absolute atomic E-state index is 0.0281. The first-order chi connectivity index (χ1) is 19.0. The van der Waals surface area contributed by atoms with Gasteiger partial charge < -0.3 is 48.1 Å². The molecule has 216 valence electrons. The maximum atomic E-state index is 14.4. The summed E-state index contributed by atoms with van der Waals surface area (Å²) in [4.78, 5) is 52.7. The van der Waals surface area contributed by atoms with Crippen molar-refractivity contribution >= 4 is 35.3 Å². The van der Waals surface area contributed by atoms with E-state index in [0.29, 0.717) is 0 Å². The number of benzene rings is 1. The number of primary amides is 1. The maximum Gasteiger partial charge on any atom is 0.330 e. The van der Waals surface area contributed by atoms with Crippen LogP contribution in [0.1, 0.15) is 22.7 Å². The molecule has 1 amide bonds. The first kappa shape index (κ1) is 29.4. The van der Waals surface area contributed by atoms with Crippen molar-refractivity contribution in [2.24, 2.45) is 28.3 Å². The molecule has 0 saturated heterocycles. The summed E-state index contributed by atoms with van der Waals surface area (Å²) in [6.07, 6.45) is -0.197. The number of ether oxygens (including phenoxy) is 1. The second-order valence-electron chi connectivity index (χ2n) is 10.3. The monoisotopic (exact) mass is 568 g/mol. The van der Waals surface area contributed by atoms with Crippen molar-refractivity contribution in [1.82, 2.24) is 4.90 Å². The van der Waals surface area contributed by atoms with Gasteiger partial charge in [-0.3, -0.25) is 19.3 Å². The number of phenolic OH excluding ortho intramolecular Hbond substituents is 1. The zero-order valence-corrected chi connectivity index (χ0v) is 22.1. The molecule has 0 heterocycles. The summed E-state index contributed by atoms with van der Waals surface area (Å²) in [5.74, 6) is -8.04. The topological polar surface area (TPSA) is 290 Å². The average Bonchev–Trinajstić information content (AvgIpc) is 2.89. The molecule has 1 saturated carbocycles. The molecule has 6 atom stereocenters. The van der Waals surface area contributed by atoms with E-state index in [1.165, 1.54) is 26.2 Å². The number of ketones is 2. The maximum absolute atomic E-state index is 14.4. The van der Waals surface area contributed by atoms with Gasteiger partial charge in [-0.25, -0.2) is 4.79 Å². The third-order valence-corrected chi connectivity index (χ3v) is 8.19. The van der Waals surface area contributed by atoms with E-state index >= 15 is 0 Å². The summed E-state index contributed by atoms with van der Waals surface area (Å²) in [7, 11) is 3.74. The first-order valence-corrected chi connectivity index (χ1v) is 12.0. The van der Waals surface area contributed by atoms with E-state index in [-0.39, 0.29) is 11.1 Å². The summed E-state index contributed by atoms with van der Waals surface area (Å²) >= 11 is 0. The molecule has 0 aliphatic heterocycles. The highest BCUT2D eigenvalue weighted by molar-refractivity contribution is 6.26. The van der Waals surface area contributed by atoms with Crippen LogP contribution in [-0.4, -0.2) is 93.2 Å². The fraction of sp³-hybridized carbons (Fsp3) is 0.346.